The van der Waals surface area contributed by atoms with Gasteiger partial charge in [0.05, 0.1) is 5.10 Å². The van der Waals surface area contributed by atoms with Gasteiger partial charge in [0.1, 0.15) is 12.5 Å². The molecule has 8 nitrogen and oxygen atoms in total. The molecule has 0 saturated carbocycles. The Hall–Kier alpha value is -2.12. The van der Waals surface area contributed by atoms with Crippen LogP contribution < -0.4 is 0 Å². The molecule has 0 radical (unpaired) electrons. The van der Waals surface area contributed by atoms with Crippen molar-refractivity contribution in [3.63, 3.8) is 0 Å². The highest BCUT2D eigenvalue weighted by atomic mass is 16.6. The molecule has 0 aliphatic rings. The minimum atomic E-state index is -0.645. The van der Waals surface area contributed by atoms with Gasteiger partial charge in [-0.3, -0.25) is 0 Å². The first-order valence-corrected chi connectivity index (χ1v) is 2.95. The Kier molecular flexibility index (Phi) is 1.20. The number of fused-ring (bicyclic) bond motifs is 1. The smallest absolute Gasteiger partial charge is 0.358 e. The third kappa shape index (κ3) is 0.856. The zero-order valence-corrected chi connectivity index (χ0v) is 5.65. The second-order valence-corrected chi connectivity index (χ2v) is 1.95. The van der Waals surface area contributed by atoms with Gasteiger partial charge in [-0.15, -0.1) is 0 Å². The van der Waals surface area contributed by atoms with Crippen molar-refractivity contribution in [3.05, 3.63) is 22.6 Å². The molecule has 0 fully saturated rings. The van der Waals surface area contributed by atoms with Crippen LogP contribution in [0.4, 0.5) is 5.82 Å². The van der Waals surface area contributed by atoms with Crippen LogP contribution in [-0.2, 0) is 0 Å². The highest BCUT2D eigenvalue weighted by Crippen LogP contribution is 2.02. The van der Waals surface area contributed by atoms with E-state index in [4.69, 9.17) is 0 Å². The summed E-state index contributed by atoms with van der Waals surface area (Å²) in [6, 6.07) is 0. The van der Waals surface area contributed by atoms with E-state index in [2.05, 4.69) is 20.3 Å². The summed E-state index contributed by atoms with van der Waals surface area (Å²) in [5.74, 6) is -0.117. The second-order valence-electron chi connectivity index (χ2n) is 1.95. The van der Waals surface area contributed by atoms with Gasteiger partial charge in [-0.2, -0.15) is 14.6 Å². The van der Waals surface area contributed by atoms with E-state index in [1.54, 1.807) is 0 Å². The molecule has 0 bridgehead atoms. The standard InChI is InChI=1S/C4H2N6O2/c11-10(12)3-1-9-4(8-7-3)5-2-6-9/h1-2H. The molecule has 0 aromatic carbocycles. The van der Waals surface area contributed by atoms with Crippen LogP contribution >= 0.6 is 0 Å². The van der Waals surface area contributed by atoms with Crippen molar-refractivity contribution in [1.29, 1.82) is 0 Å². The van der Waals surface area contributed by atoms with Gasteiger partial charge in [-0.25, -0.2) is 0 Å². The molecular weight excluding hydrogens is 164 g/mol. The molecule has 60 valence electrons. The number of hydrogen-bond acceptors (Lipinski definition) is 6. The zero-order chi connectivity index (χ0) is 8.55. The first-order valence-electron chi connectivity index (χ1n) is 2.95. The zero-order valence-electron chi connectivity index (χ0n) is 5.65. The Morgan fingerprint density at radius 3 is 3.08 bits per heavy atom. The molecule has 0 aliphatic heterocycles. The Labute approximate surface area is 65.0 Å². The Bertz CT molecular complexity index is 436. The first kappa shape index (κ1) is 6.58. The van der Waals surface area contributed by atoms with Crippen LogP contribution in [0.3, 0.4) is 0 Å². The molecule has 2 aromatic rings. The third-order valence-electron chi connectivity index (χ3n) is 1.22. The lowest BCUT2D eigenvalue weighted by Crippen LogP contribution is -1.99. The Morgan fingerprint density at radius 2 is 2.33 bits per heavy atom. The topological polar surface area (TPSA) is 99.1 Å². The summed E-state index contributed by atoms with van der Waals surface area (Å²) in [5, 5.41) is 20.6. The van der Waals surface area contributed by atoms with Crippen LogP contribution in [0.15, 0.2) is 12.5 Å². The molecule has 0 unspecified atom stereocenters. The van der Waals surface area contributed by atoms with Crippen molar-refractivity contribution < 1.29 is 4.92 Å². The fourth-order valence-electron chi connectivity index (χ4n) is 0.721. The van der Waals surface area contributed by atoms with E-state index < -0.39 is 4.92 Å². The average molecular weight is 166 g/mol. The maximum Gasteiger partial charge on any atom is 0.409 e. The molecule has 0 atom stereocenters. The molecule has 12 heavy (non-hydrogen) atoms. The van der Waals surface area contributed by atoms with Gasteiger partial charge in [-0.1, -0.05) is 0 Å². The van der Waals surface area contributed by atoms with Gasteiger partial charge in [0.2, 0.25) is 0 Å². The highest BCUT2D eigenvalue weighted by Gasteiger charge is 2.10. The fraction of sp³-hybridized carbons (Fsp3) is 0. The SMILES string of the molecule is O=[N+]([O-])c1cn2ncnc2nn1. The van der Waals surface area contributed by atoms with Crippen LogP contribution in [0.2, 0.25) is 0 Å². The molecule has 2 aromatic heterocycles. The van der Waals surface area contributed by atoms with Crippen LogP contribution in [0.25, 0.3) is 5.78 Å². The predicted octanol–water partition coefficient (Wildman–Crippen LogP) is -0.573. The predicted molar refractivity (Wildman–Crippen MR) is 35.2 cm³/mol. The van der Waals surface area contributed by atoms with E-state index >= 15 is 0 Å². The summed E-state index contributed by atoms with van der Waals surface area (Å²) >= 11 is 0. The summed E-state index contributed by atoms with van der Waals surface area (Å²) in [4.78, 5) is 13.2. The first-order chi connectivity index (χ1) is 5.77. The number of nitro groups is 1. The summed E-state index contributed by atoms with van der Waals surface area (Å²) in [5.41, 5.74) is 0. The summed E-state index contributed by atoms with van der Waals surface area (Å²) < 4.78 is 1.19. The van der Waals surface area contributed by atoms with Gasteiger partial charge >= 0.3 is 5.82 Å². The quantitative estimate of drug-likeness (QED) is 0.415. The number of hydrogen-bond donors (Lipinski definition) is 0. The molecular formula is C4H2N6O2. The molecule has 0 aliphatic carbocycles. The Balaban J connectivity index is 2.68. The summed E-state index contributed by atoms with van der Waals surface area (Å²) in [7, 11) is 0. The lowest BCUT2D eigenvalue weighted by molar-refractivity contribution is -0.390. The summed E-state index contributed by atoms with van der Waals surface area (Å²) in [6.45, 7) is 0. The number of nitrogens with zero attached hydrogens (tertiary/aromatic N) is 6. The van der Waals surface area contributed by atoms with Gasteiger partial charge in [0.25, 0.3) is 5.78 Å². The molecule has 8 heteroatoms. The Morgan fingerprint density at radius 1 is 1.50 bits per heavy atom. The largest absolute Gasteiger partial charge is 0.409 e. The molecule has 0 spiro atoms. The highest BCUT2D eigenvalue weighted by molar-refractivity contribution is 5.25. The van der Waals surface area contributed by atoms with Crippen LogP contribution in [0.5, 0.6) is 0 Å². The van der Waals surface area contributed by atoms with Crippen molar-refractivity contribution in [3.8, 4) is 0 Å². The molecule has 2 rings (SSSR count). The van der Waals surface area contributed by atoms with Crippen molar-refractivity contribution in [2.75, 3.05) is 0 Å². The number of aromatic nitrogens is 5. The van der Waals surface area contributed by atoms with Crippen molar-refractivity contribution in [2.24, 2.45) is 0 Å². The van der Waals surface area contributed by atoms with Crippen LogP contribution in [-0.4, -0.2) is 29.7 Å². The van der Waals surface area contributed by atoms with Crippen molar-refractivity contribution >= 4 is 11.6 Å². The fourth-order valence-corrected chi connectivity index (χ4v) is 0.721. The molecule has 0 amide bonds. The van der Waals surface area contributed by atoms with Crippen LogP contribution in [0, 0.1) is 10.1 Å². The van der Waals surface area contributed by atoms with E-state index in [-0.39, 0.29) is 11.6 Å². The molecule has 2 heterocycles. The normalized spacial score (nSPS) is 10.3. The van der Waals surface area contributed by atoms with Gasteiger partial charge in [0.15, 0.2) is 0 Å². The van der Waals surface area contributed by atoms with Crippen molar-refractivity contribution in [2.45, 2.75) is 0 Å². The van der Waals surface area contributed by atoms with E-state index in [0.29, 0.717) is 0 Å². The monoisotopic (exact) mass is 166 g/mol. The van der Waals surface area contributed by atoms with Gasteiger partial charge in [0, 0.05) is 5.10 Å². The molecule has 0 N–H and O–H groups in total. The lowest BCUT2D eigenvalue weighted by Gasteiger charge is -1.88. The van der Waals surface area contributed by atoms with E-state index in [1.165, 1.54) is 10.8 Å². The van der Waals surface area contributed by atoms with E-state index in [9.17, 15) is 10.1 Å². The maximum absolute atomic E-state index is 10.2. The third-order valence-corrected chi connectivity index (χ3v) is 1.22. The van der Waals surface area contributed by atoms with Crippen LogP contribution in [0.1, 0.15) is 0 Å². The maximum atomic E-state index is 10.2. The van der Waals surface area contributed by atoms with E-state index in [1.807, 2.05) is 0 Å². The minimum Gasteiger partial charge on any atom is -0.358 e. The average Bonchev–Trinajstić information content (AvgIpc) is 2.49. The van der Waals surface area contributed by atoms with Gasteiger partial charge in [-0.05, 0) is 4.92 Å². The van der Waals surface area contributed by atoms with E-state index in [0.717, 1.165) is 6.20 Å². The second kappa shape index (κ2) is 2.19. The number of rotatable bonds is 1. The van der Waals surface area contributed by atoms with Gasteiger partial charge < -0.3 is 10.1 Å². The summed E-state index contributed by atoms with van der Waals surface area (Å²) in [6.07, 6.45) is 2.39. The lowest BCUT2D eigenvalue weighted by atomic mass is 10.7. The minimum absolute atomic E-state index is 0.237. The van der Waals surface area contributed by atoms with Crippen molar-refractivity contribution in [1.82, 2.24) is 24.8 Å². The molecule has 0 saturated heterocycles.